The average Bonchev–Trinajstić information content (AvgIpc) is 2.43. The zero-order chi connectivity index (χ0) is 15.6. The maximum Gasteiger partial charge on any atom is 0.268 e. The lowest BCUT2D eigenvalue weighted by Crippen LogP contribution is -2.29. The van der Waals surface area contributed by atoms with E-state index in [-0.39, 0.29) is 18.0 Å². The number of carbonyl (C=O) groups is 1. The molecule has 1 aromatic heterocycles. The molecule has 0 bridgehead atoms. The molecule has 0 radical (unpaired) electrons. The van der Waals surface area contributed by atoms with Crippen LogP contribution in [-0.2, 0) is 11.3 Å². The fourth-order valence-electron chi connectivity index (χ4n) is 1.65. The van der Waals surface area contributed by atoms with E-state index in [0.717, 1.165) is 0 Å². The van der Waals surface area contributed by atoms with Gasteiger partial charge in [0, 0.05) is 5.02 Å². The molecule has 0 saturated carbocycles. The molecule has 1 aromatic carbocycles. The Bertz CT molecular complexity index is 760. The molecule has 0 aliphatic rings. The van der Waals surface area contributed by atoms with E-state index in [0.29, 0.717) is 26.6 Å². The van der Waals surface area contributed by atoms with E-state index in [1.165, 1.54) is 17.0 Å². The van der Waals surface area contributed by atoms with Gasteiger partial charge in [0.05, 0.1) is 23.4 Å². The topological polar surface area (TPSA) is 90.0 Å². The number of nitrogens with one attached hydrogen (secondary N) is 1. The third kappa shape index (κ3) is 3.62. The fraction of sp³-hybridized carbons (Fsp3) is 0.154. The highest BCUT2D eigenvalue weighted by Crippen LogP contribution is 2.22. The summed E-state index contributed by atoms with van der Waals surface area (Å²) < 4.78 is 1.54. The summed E-state index contributed by atoms with van der Waals surface area (Å²) in [4.78, 5) is 27.9. The van der Waals surface area contributed by atoms with Crippen LogP contribution in [0, 0.1) is 6.92 Å². The van der Waals surface area contributed by atoms with Crippen molar-refractivity contribution in [3.05, 3.63) is 50.1 Å². The minimum Gasteiger partial charge on any atom is -0.397 e. The molecule has 2 rings (SSSR count). The molecule has 8 heteroatoms. The summed E-state index contributed by atoms with van der Waals surface area (Å²) in [5.74, 6) is -0.385. The zero-order valence-electron chi connectivity index (χ0n) is 11.1. The number of aromatic nitrogens is 2. The number of carbonyl (C=O) groups excluding carboxylic acids is 1. The van der Waals surface area contributed by atoms with E-state index in [9.17, 15) is 9.59 Å². The molecule has 0 aliphatic heterocycles. The van der Waals surface area contributed by atoms with Crippen molar-refractivity contribution < 1.29 is 4.79 Å². The molecule has 0 fully saturated rings. The van der Waals surface area contributed by atoms with Gasteiger partial charge in [-0.15, -0.1) is 0 Å². The number of nitrogens with two attached hydrogens (primary N) is 1. The Labute approximate surface area is 134 Å². The van der Waals surface area contributed by atoms with E-state index in [1.807, 2.05) is 0 Å². The van der Waals surface area contributed by atoms with E-state index >= 15 is 0 Å². The molecule has 3 N–H and O–H groups in total. The van der Waals surface area contributed by atoms with Crippen LogP contribution in [0.1, 0.15) is 5.69 Å². The lowest BCUT2D eigenvalue weighted by molar-refractivity contribution is -0.116. The maximum atomic E-state index is 12.0. The standard InChI is InChI=1S/C13H12BrClN4O2/c1-7-12(14)13(21)19(6-17-7)5-11(20)18-10-3-2-8(15)4-9(10)16/h2-4,6H,5,16H2,1H3,(H,18,20). The van der Waals surface area contributed by atoms with E-state index in [2.05, 4.69) is 26.2 Å². The van der Waals surface area contributed by atoms with Gasteiger partial charge < -0.3 is 11.1 Å². The van der Waals surface area contributed by atoms with Gasteiger partial charge in [-0.1, -0.05) is 11.6 Å². The van der Waals surface area contributed by atoms with E-state index in [4.69, 9.17) is 17.3 Å². The van der Waals surface area contributed by atoms with Crippen molar-refractivity contribution >= 4 is 44.8 Å². The Kier molecular flexibility index (Phi) is 4.64. The first-order chi connectivity index (χ1) is 9.88. The van der Waals surface area contributed by atoms with Crippen LogP contribution in [-0.4, -0.2) is 15.5 Å². The number of benzene rings is 1. The van der Waals surface area contributed by atoms with Gasteiger partial charge in [-0.3, -0.25) is 14.2 Å². The van der Waals surface area contributed by atoms with Gasteiger partial charge in [-0.05, 0) is 41.1 Å². The summed E-state index contributed by atoms with van der Waals surface area (Å²) in [6.45, 7) is 1.54. The highest BCUT2D eigenvalue weighted by atomic mass is 79.9. The average molecular weight is 372 g/mol. The van der Waals surface area contributed by atoms with Gasteiger partial charge in [-0.25, -0.2) is 4.98 Å². The van der Waals surface area contributed by atoms with E-state index < -0.39 is 0 Å². The van der Waals surface area contributed by atoms with Crippen LogP contribution in [0.5, 0.6) is 0 Å². The van der Waals surface area contributed by atoms with Crippen LogP contribution in [0.3, 0.4) is 0 Å². The summed E-state index contributed by atoms with van der Waals surface area (Å²) in [6, 6.07) is 4.75. The first-order valence-electron chi connectivity index (χ1n) is 5.95. The number of hydrogen-bond acceptors (Lipinski definition) is 4. The van der Waals surface area contributed by atoms with Crippen LogP contribution in [0.15, 0.2) is 33.8 Å². The minimum atomic E-state index is -0.385. The van der Waals surface area contributed by atoms with Gasteiger partial charge in [0.15, 0.2) is 0 Å². The molecule has 0 atom stereocenters. The smallest absolute Gasteiger partial charge is 0.268 e. The van der Waals surface area contributed by atoms with Crippen molar-refractivity contribution in [3.63, 3.8) is 0 Å². The highest BCUT2D eigenvalue weighted by Gasteiger charge is 2.10. The monoisotopic (exact) mass is 370 g/mol. The molecular formula is C13H12BrClN4O2. The van der Waals surface area contributed by atoms with Crippen LogP contribution >= 0.6 is 27.5 Å². The maximum absolute atomic E-state index is 12.0. The lowest BCUT2D eigenvalue weighted by Gasteiger charge is -2.10. The first-order valence-corrected chi connectivity index (χ1v) is 7.12. The van der Waals surface area contributed by atoms with Crippen molar-refractivity contribution in [3.8, 4) is 0 Å². The van der Waals surface area contributed by atoms with Crippen LogP contribution in [0.25, 0.3) is 0 Å². The number of rotatable bonds is 3. The molecular weight excluding hydrogens is 360 g/mol. The van der Waals surface area contributed by atoms with Crippen LogP contribution in [0.4, 0.5) is 11.4 Å². The summed E-state index contributed by atoms with van der Waals surface area (Å²) in [5, 5.41) is 3.10. The molecule has 0 aliphatic carbocycles. The predicted octanol–water partition coefficient (Wildman–Crippen LogP) is 2.19. The number of nitrogen functional groups attached to an aromatic ring is 1. The summed E-state index contributed by atoms with van der Waals surface area (Å²) in [5.41, 5.74) is 6.79. The summed E-state index contributed by atoms with van der Waals surface area (Å²) in [7, 11) is 0. The number of amides is 1. The Morgan fingerprint density at radius 1 is 1.52 bits per heavy atom. The molecule has 2 aromatic rings. The number of aryl methyl sites for hydroxylation is 1. The van der Waals surface area contributed by atoms with Crippen molar-refractivity contribution in [2.75, 3.05) is 11.1 Å². The number of hydrogen-bond donors (Lipinski definition) is 2. The van der Waals surface area contributed by atoms with Gasteiger partial charge >= 0.3 is 0 Å². The quantitative estimate of drug-likeness (QED) is 0.809. The largest absolute Gasteiger partial charge is 0.397 e. The molecule has 0 unspecified atom stereocenters. The third-order valence-electron chi connectivity index (χ3n) is 2.76. The van der Waals surface area contributed by atoms with Crippen molar-refractivity contribution in [2.45, 2.75) is 13.5 Å². The molecule has 1 amide bonds. The number of anilines is 2. The van der Waals surface area contributed by atoms with Gasteiger partial charge in [0.1, 0.15) is 11.0 Å². The normalized spacial score (nSPS) is 10.4. The molecule has 110 valence electrons. The Balaban J connectivity index is 2.16. The fourth-order valence-corrected chi connectivity index (χ4v) is 2.16. The second-order valence-corrected chi connectivity index (χ2v) is 5.59. The Hall–Kier alpha value is -1.86. The van der Waals surface area contributed by atoms with Crippen LogP contribution in [0.2, 0.25) is 5.02 Å². The summed E-state index contributed by atoms with van der Waals surface area (Å²) in [6.07, 6.45) is 1.33. The molecule has 6 nitrogen and oxygen atoms in total. The van der Waals surface area contributed by atoms with Crippen LogP contribution < -0.4 is 16.6 Å². The van der Waals surface area contributed by atoms with Gasteiger partial charge in [-0.2, -0.15) is 0 Å². The van der Waals surface area contributed by atoms with E-state index in [1.54, 1.807) is 19.1 Å². The zero-order valence-corrected chi connectivity index (χ0v) is 13.4. The molecule has 0 saturated heterocycles. The second kappa shape index (κ2) is 6.28. The molecule has 21 heavy (non-hydrogen) atoms. The second-order valence-electron chi connectivity index (χ2n) is 4.36. The first kappa shape index (κ1) is 15.5. The lowest BCUT2D eigenvalue weighted by atomic mass is 10.2. The highest BCUT2D eigenvalue weighted by molar-refractivity contribution is 9.10. The molecule has 0 spiro atoms. The Morgan fingerprint density at radius 2 is 2.24 bits per heavy atom. The van der Waals surface area contributed by atoms with Gasteiger partial charge in [0.2, 0.25) is 5.91 Å². The number of halogens is 2. The Morgan fingerprint density at radius 3 is 2.90 bits per heavy atom. The minimum absolute atomic E-state index is 0.160. The predicted molar refractivity (Wildman–Crippen MR) is 85.4 cm³/mol. The third-order valence-corrected chi connectivity index (χ3v) is 3.91. The SMILES string of the molecule is Cc1ncn(CC(=O)Nc2ccc(Cl)cc2N)c(=O)c1Br. The van der Waals surface area contributed by atoms with Crippen molar-refractivity contribution in [2.24, 2.45) is 0 Å². The van der Waals surface area contributed by atoms with Crippen molar-refractivity contribution in [1.29, 1.82) is 0 Å². The molecule has 1 heterocycles. The number of nitrogens with zero attached hydrogens (tertiary/aromatic N) is 2. The van der Waals surface area contributed by atoms with Crippen molar-refractivity contribution in [1.82, 2.24) is 9.55 Å². The van der Waals surface area contributed by atoms with Gasteiger partial charge in [0.25, 0.3) is 5.56 Å². The summed E-state index contributed by atoms with van der Waals surface area (Å²) >= 11 is 8.93.